The van der Waals surface area contributed by atoms with Crippen LogP contribution in [0.4, 0.5) is 4.39 Å². The summed E-state index contributed by atoms with van der Waals surface area (Å²) in [6.07, 6.45) is 3.17. The van der Waals surface area contributed by atoms with Gasteiger partial charge < -0.3 is 16.8 Å². The molecule has 1 aromatic heterocycles. The number of fused-ring (bicyclic) bond motifs is 1. The molecule has 0 saturated carbocycles. The number of carbonyl (C=O) groups excluding carboxylic acids is 3. The minimum atomic E-state index is -1.61. The zero-order chi connectivity index (χ0) is 18.8. The van der Waals surface area contributed by atoms with Crippen molar-refractivity contribution in [3.05, 3.63) is 47.0 Å². The van der Waals surface area contributed by atoms with E-state index in [4.69, 9.17) is 11.5 Å². The Kier molecular flexibility index (Phi) is 4.70. The topological polar surface area (TPSA) is 133 Å². The normalized spacial score (nSPS) is 13.3. The molecule has 0 atom stereocenters. The van der Waals surface area contributed by atoms with Crippen LogP contribution in [0.15, 0.2) is 24.3 Å². The van der Waals surface area contributed by atoms with Gasteiger partial charge in [0.25, 0.3) is 5.91 Å². The summed E-state index contributed by atoms with van der Waals surface area (Å²) in [5, 5.41) is 6.57. The molecule has 1 aliphatic rings. The molecule has 1 heterocycles. The SMILES string of the molecule is NC(=O)C(NC(=O)c1nn(-c2ccc(F)cc2)c2c1CCCC2)C(N)=O. The van der Waals surface area contributed by atoms with Gasteiger partial charge in [-0.25, -0.2) is 9.07 Å². The van der Waals surface area contributed by atoms with E-state index in [0.717, 1.165) is 24.1 Å². The summed E-state index contributed by atoms with van der Waals surface area (Å²) in [5.41, 5.74) is 12.5. The van der Waals surface area contributed by atoms with Gasteiger partial charge in [-0.05, 0) is 49.9 Å². The number of halogens is 1. The third-order valence-corrected chi connectivity index (χ3v) is 4.31. The molecule has 3 amide bonds. The maximum atomic E-state index is 13.2. The first-order chi connectivity index (χ1) is 12.4. The second kappa shape index (κ2) is 6.95. The fraction of sp³-hybridized carbons (Fsp3) is 0.294. The molecule has 0 unspecified atom stereocenters. The molecule has 136 valence electrons. The number of primary amides is 2. The van der Waals surface area contributed by atoms with Gasteiger partial charge in [0.15, 0.2) is 11.7 Å². The molecule has 0 bridgehead atoms. The van der Waals surface area contributed by atoms with Crippen LogP contribution in [0.2, 0.25) is 0 Å². The first-order valence-corrected chi connectivity index (χ1v) is 8.14. The van der Waals surface area contributed by atoms with E-state index in [2.05, 4.69) is 10.4 Å². The Balaban J connectivity index is 2.00. The second-order valence-corrected chi connectivity index (χ2v) is 6.08. The molecule has 0 saturated heterocycles. The lowest BCUT2D eigenvalue weighted by molar-refractivity contribution is -0.128. The lowest BCUT2D eigenvalue weighted by Crippen LogP contribution is -2.52. The largest absolute Gasteiger partial charge is 0.367 e. The van der Waals surface area contributed by atoms with Crippen LogP contribution < -0.4 is 16.8 Å². The quantitative estimate of drug-likeness (QED) is 0.646. The summed E-state index contributed by atoms with van der Waals surface area (Å²) >= 11 is 0. The third kappa shape index (κ3) is 3.28. The Morgan fingerprint density at radius 3 is 2.31 bits per heavy atom. The minimum Gasteiger partial charge on any atom is -0.367 e. The first kappa shape index (κ1) is 17.6. The average Bonchev–Trinajstić information content (AvgIpc) is 2.99. The van der Waals surface area contributed by atoms with Crippen LogP contribution in [0.1, 0.15) is 34.6 Å². The smallest absolute Gasteiger partial charge is 0.273 e. The van der Waals surface area contributed by atoms with Gasteiger partial charge in [0.05, 0.1) is 5.69 Å². The number of hydrogen-bond acceptors (Lipinski definition) is 4. The minimum absolute atomic E-state index is 0.108. The maximum Gasteiger partial charge on any atom is 0.273 e. The molecular formula is C17H18FN5O3. The van der Waals surface area contributed by atoms with Crippen molar-refractivity contribution in [1.82, 2.24) is 15.1 Å². The predicted molar refractivity (Wildman–Crippen MR) is 89.8 cm³/mol. The standard InChI is InChI=1S/C17H18FN5O3/c18-9-5-7-10(8-6-9)23-12-4-2-1-3-11(12)13(22-23)17(26)21-14(15(19)24)16(20)25/h5-8,14H,1-4H2,(H2,19,24)(H2,20,25)(H,21,26). The molecule has 0 aliphatic heterocycles. The van der Waals surface area contributed by atoms with Crippen molar-refractivity contribution >= 4 is 17.7 Å². The fourth-order valence-electron chi connectivity index (χ4n) is 3.06. The van der Waals surface area contributed by atoms with Gasteiger partial charge in [-0.15, -0.1) is 0 Å². The number of nitrogens with one attached hydrogen (secondary N) is 1. The highest BCUT2D eigenvalue weighted by Gasteiger charge is 2.30. The molecule has 0 radical (unpaired) electrons. The van der Waals surface area contributed by atoms with Crippen LogP contribution in [0.5, 0.6) is 0 Å². The van der Waals surface area contributed by atoms with E-state index >= 15 is 0 Å². The number of hydrogen-bond donors (Lipinski definition) is 3. The molecule has 9 heteroatoms. The van der Waals surface area contributed by atoms with Gasteiger partial charge in [0, 0.05) is 11.3 Å². The van der Waals surface area contributed by atoms with E-state index in [9.17, 15) is 18.8 Å². The van der Waals surface area contributed by atoms with Crippen molar-refractivity contribution in [2.24, 2.45) is 11.5 Å². The molecule has 1 aliphatic carbocycles. The molecule has 26 heavy (non-hydrogen) atoms. The molecule has 0 fully saturated rings. The van der Waals surface area contributed by atoms with E-state index in [1.165, 1.54) is 12.1 Å². The van der Waals surface area contributed by atoms with Gasteiger partial charge in [-0.2, -0.15) is 5.10 Å². The van der Waals surface area contributed by atoms with Crippen molar-refractivity contribution in [2.75, 3.05) is 0 Å². The van der Waals surface area contributed by atoms with Crippen molar-refractivity contribution in [1.29, 1.82) is 0 Å². The lowest BCUT2D eigenvalue weighted by atomic mass is 9.95. The van der Waals surface area contributed by atoms with Crippen molar-refractivity contribution in [3.63, 3.8) is 0 Å². The Labute approximate surface area is 148 Å². The number of nitrogens with two attached hydrogens (primary N) is 2. The van der Waals surface area contributed by atoms with E-state index in [1.54, 1.807) is 16.8 Å². The van der Waals surface area contributed by atoms with Gasteiger partial charge in [-0.3, -0.25) is 14.4 Å². The average molecular weight is 359 g/mol. The van der Waals surface area contributed by atoms with Crippen LogP contribution in [0.25, 0.3) is 5.69 Å². The monoisotopic (exact) mass is 359 g/mol. The lowest BCUT2D eigenvalue weighted by Gasteiger charge is -2.15. The van der Waals surface area contributed by atoms with Gasteiger partial charge in [0.1, 0.15) is 5.82 Å². The maximum absolute atomic E-state index is 13.2. The number of rotatable bonds is 5. The number of amides is 3. The summed E-state index contributed by atoms with van der Waals surface area (Å²) in [6, 6.07) is 4.13. The van der Waals surface area contributed by atoms with Crippen molar-refractivity contribution in [3.8, 4) is 5.69 Å². The van der Waals surface area contributed by atoms with Crippen LogP contribution in [0, 0.1) is 5.82 Å². The molecule has 2 aromatic rings. The number of nitrogens with zero attached hydrogens (tertiary/aromatic N) is 2. The van der Waals surface area contributed by atoms with Gasteiger partial charge in [0.2, 0.25) is 11.8 Å². The summed E-state index contributed by atoms with van der Waals surface area (Å²) in [6.45, 7) is 0. The van der Waals surface area contributed by atoms with Crippen molar-refractivity contribution < 1.29 is 18.8 Å². The Morgan fingerprint density at radius 1 is 1.08 bits per heavy atom. The summed E-state index contributed by atoms with van der Waals surface area (Å²) in [4.78, 5) is 35.2. The summed E-state index contributed by atoms with van der Waals surface area (Å²) in [5.74, 6) is -3.17. The first-order valence-electron chi connectivity index (χ1n) is 8.14. The molecular weight excluding hydrogens is 341 g/mol. The highest BCUT2D eigenvalue weighted by Crippen LogP contribution is 2.27. The highest BCUT2D eigenvalue weighted by atomic mass is 19.1. The van der Waals surface area contributed by atoms with Gasteiger partial charge >= 0.3 is 0 Å². The summed E-state index contributed by atoms with van der Waals surface area (Å²) in [7, 11) is 0. The Bertz CT molecular complexity index is 861. The number of benzene rings is 1. The van der Waals surface area contributed by atoms with Crippen LogP contribution in [-0.2, 0) is 22.4 Å². The molecule has 0 spiro atoms. The van der Waals surface area contributed by atoms with E-state index in [-0.39, 0.29) is 11.5 Å². The zero-order valence-corrected chi connectivity index (χ0v) is 13.9. The van der Waals surface area contributed by atoms with E-state index in [0.29, 0.717) is 18.5 Å². The molecule has 1 aromatic carbocycles. The van der Waals surface area contributed by atoms with Crippen LogP contribution >= 0.6 is 0 Å². The zero-order valence-electron chi connectivity index (χ0n) is 13.9. The predicted octanol–water partition coefficient (Wildman–Crippen LogP) is -0.0408. The van der Waals surface area contributed by atoms with Crippen LogP contribution in [0.3, 0.4) is 0 Å². The van der Waals surface area contributed by atoms with E-state index < -0.39 is 23.8 Å². The van der Waals surface area contributed by atoms with Crippen LogP contribution in [-0.4, -0.2) is 33.5 Å². The highest BCUT2D eigenvalue weighted by molar-refractivity contribution is 6.08. The van der Waals surface area contributed by atoms with E-state index in [1.807, 2.05) is 0 Å². The second-order valence-electron chi connectivity index (χ2n) is 6.08. The number of carbonyl (C=O) groups is 3. The molecule has 3 rings (SSSR count). The Hall–Kier alpha value is -3.23. The summed E-state index contributed by atoms with van der Waals surface area (Å²) < 4.78 is 14.8. The van der Waals surface area contributed by atoms with Gasteiger partial charge in [-0.1, -0.05) is 0 Å². The fourth-order valence-corrected chi connectivity index (χ4v) is 3.06. The molecule has 5 N–H and O–H groups in total. The van der Waals surface area contributed by atoms with Crippen molar-refractivity contribution in [2.45, 2.75) is 31.7 Å². The number of aromatic nitrogens is 2. The Morgan fingerprint density at radius 2 is 1.69 bits per heavy atom. The third-order valence-electron chi connectivity index (χ3n) is 4.31. The molecule has 8 nitrogen and oxygen atoms in total.